The molecule has 1 aromatic carbocycles. The van der Waals surface area contributed by atoms with E-state index in [1.807, 2.05) is 25.1 Å². The zero-order valence-corrected chi connectivity index (χ0v) is 11.0. The van der Waals surface area contributed by atoms with Crippen LogP contribution in [0.15, 0.2) is 24.3 Å². The predicted octanol–water partition coefficient (Wildman–Crippen LogP) is 2.44. The summed E-state index contributed by atoms with van der Waals surface area (Å²) in [6, 6.07) is 7.33. The van der Waals surface area contributed by atoms with Gasteiger partial charge in [0, 0.05) is 25.1 Å². The van der Waals surface area contributed by atoms with E-state index in [1.54, 1.807) is 13.2 Å². The average molecular weight is 256 g/mol. The number of alkyl halides is 1. The maximum Gasteiger partial charge on any atom is 0.251 e. The molecule has 1 N–H and O–H groups in total. The van der Waals surface area contributed by atoms with Crippen LogP contribution in [0.1, 0.15) is 22.8 Å². The quantitative estimate of drug-likeness (QED) is 0.793. The monoisotopic (exact) mass is 255 g/mol. The first kappa shape index (κ1) is 14.0. The number of methoxy groups -OCH3 is 1. The normalized spacial score (nSPS) is 12.2. The molecule has 0 saturated carbocycles. The largest absolute Gasteiger partial charge is 0.384 e. The molecular formula is C13H18ClNO2. The fourth-order valence-corrected chi connectivity index (χ4v) is 1.67. The molecule has 0 heterocycles. The van der Waals surface area contributed by atoms with Crippen LogP contribution in [0.5, 0.6) is 0 Å². The molecule has 0 fully saturated rings. The summed E-state index contributed by atoms with van der Waals surface area (Å²) in [6.45, 7) is 3.28. The number of hydrogen-bond donors (Lipinski definition) is 1. The summed E-state index contributed by atoms with van der Waals surface area (Å²) in [5.41, 5.74) is 1.59. The van der Waals surface area contributed by atoms with Gasteiger partial charge in [0.25, 0.3) is 5.91 Å². The molecule has 0 aromatic heterocycles. The minimum atomic E-state index is -0.0695. The Morgan fingerprint density at radius 1 is 1.53 bits per heavy atom. The van der Waals surface area contributed by atoms with Crippen LogP contribution in [0.3, 0.4) is 0 Å². The molecule has 0 radical (unpaired) electrons. The van der Waals surface area contributed by atoms with Crippen LogP contribution in [0.4, 0.5) is 0 Å². The number of carbonyl (C=O) groups excluding carboxylic acids is 1. The molecule has 17 heavy (non-hydrogen) atoms. The zero-order valence-electron chi connectivity index (χ0n) is 10.2. The molecule has 1 aromatic rings. The minimum Gasteiger partial charge on any atom is -0.384 e. The summed E-state index contributed by atoms with van der Waals surface area (Å²) >= 11 is 5.72. The van der Waals surface area contributed by atoms with Crippen LogP contribution in [-0.4, -0.2) is 26.2 Å². The van der Waals surface area contributed by atoms with Crippen molar-refractivity contribution in [3.05, 3.63) is 35.4 Å². The number of hydrogen-bond acceptors (Lipinski definition) is 2. The first-order valence-electron chi connectivity index (χ1n) is 5.59. The summed E-state index contributed by atoms with van der Waals surface area (Å²) < 4.78 is 5.01. The maximum atomic E-state index is 11.8. The molecular weight excluding hydrogens is 238 g/mol. The van der Waals surface area contributed by atoms with Gasteiger partial charge in [0.15, 0.2) is 0 Å². The van der Waals surface area contributed by atoms with Crippen LogP contribution >= 0.6 is 11.6 Å². The molecule has 1 amide bonds. The molecule has 0 spiro atoms. The molecule has 0 aliphatic heterocycles. The van der Waals surface area contributed by atoms with E-state index in [0.717, 1.165) is 5.56 Å². The third-order valence-corrected chi connectivity index (χ3v) is 2.71. The topological polar surface area (TPSA) is 38.3 Å². The van der Waals surface area contributed by atoms with Crippen molar-refractivity contribution in [3.63, 3.8) is 0 Å². The van der Waals surface area contributed by atoms with Crippen molar-refractivity contribution in [2.45, 2.75) is 12.8 Å². The molecule has 3 nitrogen and oxygen atoms in total. The molecule has 0 bridgehead atoms. The molecule has 1 unspecified atom stereocenters. The Bertz CT molecular complexity index is 368. The number of benzene rings is 1. The van der Waals surface area contributed by atoms with Crippen molar-refractivity contribution in [3.8, 4) is 0 Å². The van der Waals surface area contributed by atoms with Gasteiger partial charge in [-0.05, 0) is 23.6 Å². The average Bonchev–Trinajstić information content (AvgIpc) is 2.36. The lowest BCUT2D eigenvalue weighted by molar-refractivity contribution is 0.0934. The molecule has 1 rings (SSSR count). The van der Waals surface area contributed by atoms with E-state index >= 15 is 0 Å². The number of halogens is 1. The highest BCUT2D eigenvalue weighted by Gasteiger charge is 2.08. The number of amides is 1. The van der Waals surface area contributed by atoms with Crippen LogP contribution < -0.4 is 5.32 Å². The highest BCUT2D eigenvalue weighted by atomic mass is 35.5. The van der Waals surface area contributed by atoms with E-state index in [2.05, 4.69) is 5.32 Å². The van der Waals surface area contributed by atoms with Crippen LogP contribution in [0.25, 0.3) is 0 Å². The Morgan fingerprint density at radius 3 is 2.94 bits per heavy atom. The Kier molecular flexibility index (Phi) is 6.01. The fourth-order valence-electron chi connectivity index (χ4n) is 1.51. The first-order chi connectivity index (χ1) is 8.17. The van der Waals surface area contributed by atoms with Gasteiger partial charge in [-0.2, -0.15) is 0 Å². The number of carbonyl (C=O) groups is 1. The van der Waals surface area contributed by atoms with Crippen LogP contribution in [-0.2, 0) is 10.6 Å². The number of ether oxygens (including phenoxy) is 1. The van der Waals surface area contributed by atoms with E-state index in [1.165, 1.54) is 0 Å². The molecule has 0 saturated heterocycles. The third-order valence-electron chi connectivity index (χ3n) is 2.41. The minimum absolute atomic E-state index is 0.0695. The van der Waals surface area contributed by atoms with Gasteiger partial charge in [0.05, 0.1) is 6.61 Å². The first-order valence-corrected chi connectivity index (χ1v) is 6.13. The van der Waals surface area contributed by atoms with Gasteiger partial charge >= 0.3 is 0 Å². The van der Waals surface area contributed by atoms with Crippen molar-refractivity contribution in [2.75, 3.05) is 20.3 Å². The molecule has 4 heteroatoms. The SMILES string of the molecule is COCC(C)CNC(=O)c1cccc(CCl)c1. The molecule has 1 atom stereocenters. The highest BCUT2D eigenvalue weighted by Crippen LogP contribution is 2.07. The van der Waals surface area contributed by atoms with E-state index in [-0.39, 0.29) is 5.91 Å². The Labute approximate surface area is 107 Å². The summed E-state index contributed by atoms with van der Waals surface area (Å²) in [4.78, 5) is 11.8. The van der Waals surface area contributed by atoms with E-state index in [4.69, 9.17) is 16.3 Å². The lowest BCUT2D eigenvalue weighted by Crippen LogP contribution is -2.29. The standard InChI is InChI=1S/C13H18ClNO2/c1-10(9-17-2)8-15-13(16)12-5-3-4-11(6-12)7-14/h3-6,10H,7-9H2,1-2H3,(H,15,16). The summed E-state index contributed by atoms with van der Waals surface area (Å²) in [6.07, 6.45) is 0. The van der Waals surface area contributed by atoms with Crippen molar-refractivity contribution in [1.82, 2.24) is 5.32 Å². The van der Waals surface area contributed by atoms with Crippen LogP contribution in [0, 0.1) is 5.92 Å². The van der Waals surface area contributed by atoms with Crippen molar-refractivity contribution in [1.29, 1.82) is 0 Å². The van der Waals surface area contributed by atoms with Gasteiger partial charge in [0.1, 0.15) is 0 Å². The number of nitrogens with one attached hydrogen (secondary N) is 1. The van der Waals surface area contributed by atoms with E-state index in [9.17, 15) is 4.79 Å². The Balaban J connectivity index is 2.51. The molecule has 0 aliphatic rings. The predicted molar refractivity (Wildman–Crippen MR) is 69.4 cm³/mol. The lowest BCUT2D eigenvalue weighted by Gasteiger charge is -2.11. The van der Waals surface area contributed by atoms with E-state index in [0.29, 0.717) is 30.5 Å². The van der Waals surface area contributed by atoms with Gasteiger partial charge in [-0.25, -0.2) is 0 Å². The van der Waals surface area contributed by atoms with Gasteiger partial charge in [0.2, 0.25) is 0 Å². The molecule has 94 valence electrons. The van der Waals surface area contributed by atoms with Gasteiger partial charge in [-0.3, -0.25) is 4.79 Å². The summed E-state index contributed by atoms with van der Waals surface area (Å²) in [7, 11) is 1.66. The smallest absolute Gasteiger partial charge is 0.251 e. The summed E-state index contributed by atoms with van der Waals surface area (Å²) in [5.74, 6) is 0.654. The fraction of sp³-hybridized carbons (Fsp3) is 0.462. The number of rotatable bonds is 6. The van der Waals surface area contributed by atoms with Gasteiger partial charge < -0.3 is 10.1 Å². The second-order valence-electron chi connectivity index (χ2n) is 4.10. The van der Waals surface area contributed by atoms with Crippen molar-refractivity contribution < 1.29 is 9.53 Å². The second kappa shape index (κ2) is 7.30. The third kappa shape index (κ3) is 4.75. The maximum absolute atomic E-state index is 11.8. The van der Waals surface area contributed by atoms with Gasteiger partial charge in [-0.15, -0.1) is 11.6 Å². The Hall–Kier alpha value is -1.06. The second-order valence-corrected chi connectivity index (χ2v) is 4.37. The van der Waals surface area contributed by atoms with Crippen molar-refractivity contribution in [2.24, 2.45) is 5.92 Å². The van der Waals surface area contributed by atoms with E-state index < -0.39 is 0 Å². The van der Waals surface area contributed by atoms with Crippen molar-refractivity contribution >= 4 is 17.5 Å². The highest BCUT2D eigenvalue weighted by molar-refractivity contribution is 6.17. The lowest BCUT2D eigenvalue weighted by atomic mass is 10.1. The summed E-state index contributed by atoms with van der Waals surface area (Å²) in [5, 5.41) is 2.87. The Morgan fingerprint density at radius 2 is 2.29 bits per heavy atom. The van der Waals surface area contributed by atoms with Crippen LogP contribution in [0.2, 0.25) is 0 Å². The molecule has 0 aliphatic carbocycles. The van der Waals surface area contributed by atoms with Gasteiger partial charge in [-0.1, -0.05) is 19.1 Å². The zero-order chi connectivity index (χ0) is 12.7.